The Kier molecular flexibility index (Phi) is 6.87. The first-order valence-corrected chi connectivity index (χ1v) is 9.70. The number of carbonyl (C=O) groups is 2. The number of amides is 1. The minimum absolute atomic E-state index is 0.126. The zero-order valence-corrected chi connectivity index (χ0v) is 17.6. The molecule has 3 rings (SSSR count). The van der Waals surface area contributed by atoms with E-state index in [-0.39, 0.29) is 17.9 Å². The molecule has 4 N–H and O–H groups in total. The summed E-state index contributed by atoms with van der Waals surface area (Å²) < 4.78 is 67.2. The first-order valence-electron chi connectivity index (χ1n) is 9.70. The fourth-order valence-electron chi connectivity index (χ4n) is 3.20. The molecule has 0 aromatic heterocycles. The van der Waals surface area contributed by atoms with Gasteiger partial charge in [0, 0.05) is 19.3 Å². The number of aromatic carboxylic acids is 1. The number of carboxylic acids is 1. The van der Waals surface area contributed by atoms with Crippen LogP contribution in [-0.4, -0.2) is 24.0 Å². The zero-order valence-electron chi connectivity index (χ0n) is 17.6. The van der Waals surface area contributed by atoms with Gasteiger partial charge in [0.25, 0.3) is 5.91 Å². The molecule has 0 spiro atoms. The van der Waals surface area contributed by atoms with Gasteiger partial charge in [0.15, 0.2) is 11.6 Å². The largest absolute Gasteiger partial charge is 0.478 e. The molecule has 3 aromatic carbocycles. The smallest absolute Gasteiger partial charge is 0.416 e. The van der Waals surface area contributed by atoms with Crippen molar-refractivity contribution in [2.45, 2.75) is 12.7 Å². The molecule has 34 heavy (non-hydrogen) atoms. The molecule has 11 heteroatoms. The van der Waals surface area contributed by atoms with Crippen molar-refractivity contribution in [2.24, 2.45) is 5.73 Å². The zero-order chi connectivity index (χ0) is 25.2. The maximum absolute atomic E-state index is 13.7. The van der Waals surface area contributed by atoms with Crippen LogP contribution in [0.5, 0.6) is 0 Å². The van der Waals surface area contributed by atoms with Crippen LogP contribution in [0.3, 0.4) is 0 Å². The van der Waals surface area contributed by atoms with Gasteiger partial charge >= 0.3 is 12.1 Å². The van der Waals surface area contributed by atoms with Gasteiger partial charge in [0.05, 0.1) is 28.1 Å². The Labute approximate surface area is 190 Å². The average Bonchev–Trinajstić information content (AvgIpc) is 2.79. The van der Waals surface area contributed by atoms with Crippen molar-refractivity contribution >= 4 is 28.9 Å². The van der Waals surface area contributed by atoms with Gasteiger partial charge in [-0.05, 0) is 48.0 Å². The van der Waals surface area contributed by atoms with Crippen molar-refractivity contribution in [3.63, 3.8) is 0 Å². The summed E-state index contributed by atoms with van der Waals surface area (Å²) in [4.78, 5) is 25.7. The fourth-order valence-corrected chi connectivity index (χ4v) is 3.20. The molecule has 0 aliphatic carbocycles. The predicted octanol–water partition coefficient (Wildman–Crippen LogP) is 5.16. The summed E-state index contributed by atoms with van der Waals surface area (Å²) in [7, 11) is 1.54. The molecule has 178 valence electrons. The molecule has 0 bridgehead atoms. The summed E-state index contributed by atoms with van der Waals surface area (Å²) in [5, 5.41) is 11.4. The summed E-state index contributed by atoms with van der Waals surface area (Å²) in [6, 6.07) is 10.1. The minimum atomic E-state index is -4.74. The Morgan fingerprint density at radius 2 is 1.56 bits per heavy atom. The van der Waals surface area contributed by atoms with E-state index in [4.69, 9.17) is 5.73 Å². The number of anilines is 3. The van der Waals surface area contributed by atoms with Crippen molar-refractivity contribution in [1.82, 2.24) is 0 Å². The van der Waals surface area contributed by atoms with Crippen molar-refractivity contribution < 1.29 is 36.6 Å². The van der Waals surface area contributed by atoms with Crippen LogP contribution in [0.2, 0.25) is 0 Å². The molecule has 0 fully saturated rings. The van der Waals surface area contributed by atoms with Crippen LogP contribution >= 0.6 is 0 Å². The van der Waals surface area contributed by atoms with Gasteiger partial charge in [-0.1, -0.05) is 12.1 Å². The molecule has 0 unspecified atom stereocenters. The molecule has 0 saturated carbocycles. The van der Waals surface area contributed by atoms with Gasteiger partial charge in [-0.3, -0.25) is 4.79 Å². The lowest BCUT2D eigenvalue weighted by molar-refractivity contribution is -0.137. The first-order chi connectivity index (χ1) is 15.9. The van der Waals surface area contributed by atoms with E-state index in [1.54, 1.807) is 24.3 Å². The SMILES string of the molecule is CN(c1ccc(CN)cc1)c1ccc(C(F)(F)F)cc1NC(=O)c1cc(F)c(F)cc1C(=O)O. The van der Waals surface area contributed by atoms with E-state index in [1.165, 1.54) is 11.9 Å². The van der Waals surface area contributed by atoms with E-state index in [1.807, 2.05) is 0 Å². The number of hydrogen-bond donors (Lipinski definition) is 3. The van der Waals surface area contributed by atoms with E-state index in [0.29, 0.717) is 23.9 Å². The lowest BCUT2D eigenvalue weighted by atomic mass is 10.1. The van der Waals surface area contributed by atoms with Crippen molar-refractivity contribution in [3.05, 3.63) is 88.5 Å². The Bertz CT molecular complexity index is 1240. The van der Waals surface area contributed by atoms with Gasteiger partial charge in [-0.25, -0.2) is 13.6 Å². The third kappa shape index (κ3) is 5.15. The fraction of sp³-hybridized carbons (Fsp3) is 0.130. The predicted molar refractivity (Wildman–Crippen MR) is 115 cm³/mol. The highest BCUT2D eigenvalue weighted by Crippen LogP contribution is 2.37. The normalized spacial score (nSPS) is 11.3. The summed E-state index contributed by atoms with van der Waals surface area (Å²) in [5.41, 5.74) is 4.04. The number of benzene rings is 3. The second-order valence-electron chi connectivity index (χ2n) is 7.23. The van der Waals surface area contributed by atoms with Crippen molar-refractivity contribution in [2.75, 3.05) is 17.3 Å². The van der Waals surface area contributed by atoms with Gasteiger partial charge in [0.1, 0.15) is 0 Å². The molecule has 0 saturated heterocycles. The van der Waals surface area contributed by atoms with Gasteiger partial charge in [-0.15, -0.1) is 0 Å². The number of carboxylic acid groups (broad SMARTS) is 1. The molecule has 0 heterocycles. The van der Waals surface area contributed by atoms with Crippen LogP contribution in [0.25, 0.3) is 0 Å². The van der Waals surface area contributed by atoms with Crippen LogP contribution in [0.1, 0.15) is 31.8 Å². The maximum atomic E-state index is 13.7. The third-order valence-corrected chi connectivity index (χ3v) is 5.03. The van der Waals surface area contributed by atoms with Crippen molar-refractivity contribution in [3.8, 4) is 0 Å². The number of nitrogens with one attached hydrogen (secondary N) is 1. The first kappa shape index (κ1) is 24.6. The van der Waals surface area contributed by atoms with Crippen molar-refractivity contribution in [1.29, 1.82) is 0 Å². The summed E-state index contributed by atoms with van der Waals surface area (Å²) >= 11 is 0. The van der Waals surface area contributed by atoms with E-state index < -0.39 is 46.4 Å². The lowest BCUT2D eigenvalue weighted by Crippen LogP contribution is -2.20. The summed E-state index contributed by atoms with van der Waals surface area (Å²) in [6.45, 7) is 0.283. The number of halogens is 5. The number of rotatable bonds is 6. The maximum Gasteiger partial charge on any atom is 0.416 e. The quantitative estimate of drug-likeness (QED) is 0.425. The van der Waals surface area contributed by atoms with E-state index >= 15 is 0 Å². The second-order valence-corrected chi connectivity index (χ2v) is 7.23. The molecule has 1 amide bonds. The lowest BCUT2D eigenvalue weighted by Gasteiger charge is -2.24. The van der Waals surface area contributed by atoms with Crippen LogP contribution in [0.15, 0.2) is 54.6 Å². The number of alkyl halides is 3. The van der Waals surface area contributed by atoms with Crippen LogP contribution in [-0.2, 0) is 12.7 Å². The van der Waals surface area contributed by atoms with Crippen LogP contribution in [0, 0.1) is 11.6 Å². The topological polar surface area (TPSA) is 95.7 Å². The average molecular weight is 479 g/mol. The number of nitrogens with zero attached hydrogens (tertiary/aromatic N) is 1. The Morgan fingerprint density at radius 3 is 2.09 bits per heavy atom. The van der Waals surface area contributed by atoms with Gasteiger partial charge < -0.3 is 21.1 Å². The van der Waals surface area contributed by atoms with Crippen LogP contribution in [0.4, 0.5) is 39.0 Å². The van der Waals surface area contributed by atoms with Gasteiger partial charge in [0.2, 0.25) is 0 Å². The molecule has 6 nitrogen and oxygen atoms in total. The number of carbonyl (C=O) groups excluding carboxylic acids is 1. The Balaban J connectivity index is 2.08. The van der Waals surface area contributed by atoms with E-state index in [2.05, 4.69) is 5.32 Å². The molecular formula is C23H18F5N3O3. The highest BCUT2D eigenvalue weighted by Gasteiger charge is 2.32. The highest BCUT2D eigenvalue weighted by molar-refractivity contribution is 6.11. The summed E-state index contributed by atoms with van der Waals surface area (Å²) in [5.74, 6) is -5.93. The molecule has 0 aliphatic heterocycles. The van der Waals surface area contributed by atoms with E-state index in [9.17, 15) is 36.6 Å². The van der Waals surface area contributed by atoms with Gasteiger partial charge in [-0.2, -0.15) is 13.2 Å². The summed E-state index contributed by atoms with van der Waals surface area (Å²) in [6.07, 6.45) is -4.74. The Hall–Kier alpha value is -3.99. The monoisotopic (exact) mass is 479 g/mol. The standard InChI is InChI=1S/C23H18F5N3O3/c1-31(14-5-2-12(11-29)3-6-14)20-7-4-13(23(26,27)28)8-19(20)30-21(32)15-9-17(24)18(25)10-16(15)22(33)34/h2-10H,11,29H2,1H3,(H,30,32)(H,33,34). The Morgan fingerprint density at radius 1 is 0.971 bits per heavy atom. The number of nitrogens with two attached hydrogens (primary N) is 1. The molecule has 3 aromatic rings. The molecule has 0 aliphatic rings. The second kappa shape index (κ2) is 9.48. The third-order valence-electron chi connectivity index (χ3n) is 5.03. The minimum Gasteiger partial charge on any atom is -0.478 e. The molecular weight excluding hydrogens is 461 g/mol. The number of hydrogen-bond acceptors (Lipinski definition) is 4. The highest BCUT2D eigenvalue weighted by atomic mass is 19.4. The van der Waals surface area contributed by atoms with Crippen LogP contribution < -0.4 is 16.0 Å². The van der Waals surface area contributed by atoms with E-state index in [0.717, 1.165) is 17.7 Å². The molecule has 0 atom stereocenters. The molecule has 0 radical (unpaired) electrons.